The molecule has 1 saturated heterocycles. The Morgan fingerprint density at radius 3 is 2.61 bits per heavy atom. The first kappa shape index (κ1) is 19.1. The van der Waals surface area contributed by atoms with Crippen LogP contribution in [0.2, 0.25) is 0 Å². The first-order valence-electron chi connectivity index (χ1n) is 8.97. The number of urea groups is 1. The molecule has 1 aromatic heterocycles. The van der Waals surface area contributed by atoms with E-state index in [4.69, 9.17) is 5.41 Å². The Morgan fingerprint density at radius 2 is 2.00 bits per heavy atom. The molecule has 0 radical (unpaired) electrons. The number of amidine groups is 1. The highest BCUT2D eigenvalue weighted by Crippen LogP contribution is 2.15. The van der Waals surface area contributed by atoms with Gasteiger partial charge in [-0.25, -0.2) is 9.78 Å². The third-order valence-corrected chi connectivity index (χ3v) is 4.31. The van der Waals surface area contributed by atoms with Crippen molar-refractivity contribution in [2.45, 2.75) is 26.3 Å². The van der Waals surface area contributed by atoms with E-state index in [2.05, 4.69) is 27.5 Å². The van der Waals surface area contributed by atoms with Gasteiger partial charge in [0.25, 0.3) is 5.91 Å². The Bertz CT molecular complexity index is 940. The van der Waals surface area contributed by atoms with Gasteiger partial charge in [0.15, 0.2) is 0 Å². The summed E-state index contributed by atoms with van der Waals surface area (Å²) in [6, 6.07) is 9.73. The summed E-state index contributed by atoms with van der Waals surface area (Å²) >= 11 is 0. The van der Waals surface area contributed by atoms with Crippen LogP contribution in [0.5, 0.6) is 0 Å². The highest BCUT2D eigenvalue weighted by Gasteiger charge is 2.17. The van der Waals surface area contributed by atoms with E-state index in [1.165, 1.54) is 0 Å². The lowest BCUT2D eigenvalue weighted by Crippen LogP contribution is -2.34. The lowest BCUT2D eigenvalue weighted by atomic mass is 10.1. The maximum atomic E-state index is 12.2. The molecule has 3 amide bonds. The van der Waals surface area contributed by atoms with Crippen LogP contribution in [0.3, 0.4) is 0 Å². The molecule has 2 heterocycles. The number of rotatable bonds is 4. The van der Waals surface area contributed by atoms with Gasteiger partial charge in [-0.15, -0.1) is 5.92 Å². The van der Waals surface area contributed by atoms with E-state index in [9.17, 15) is 9.59 Å². The summed E-state index contributed by atoms with van der Waals surface area (Å²) in [7, 11) is 0. The zero-order chi connectivity index (χ0) is 19.9. The van der Waals surface area contributed by atoms with Gasteiger partial charge in [-0.3, -0.25) is 20.8 Å². The van der Waals surface area contributed by atoms with Crippen molar-refractivity contribution in [1.29, 1.82) is 5.41 Å². The number of nitrogens with zero attached hydrogens (tertiary/aromatic N) is 2. The van der Waals surface area contributed by atoms with Gasteiger partial charge in [-0.2, -0.15) is 0 Å². The van der Waals surface area contributed by atoms with E-state index in [1.54, 1.807) is 37.4 Å². The van der Waals surface area contributed by atoms with E-state index >= 15 is 0 Å². The van der Waals surface area contributed by atoms with Crippen LogP contribution >= 0.6 is 0 Å². The topological polar surface area (TPSA) is 98.2 Å². The van der Waals surface area contributed by atoms with Gasteiger partial charge in [0.1, 0.15) is 5.82 Å². The Kier molecular flexibility index (Phi) is 6.02. The number of imide groups is 1. The number of nitrogens with one attached hydrogen (secondary N) is 3. The largest absolute Gasteiger partial charge is 0.356 e. The number of carbonyl (C=O) groups is 2. The zero-order valence-corrected chi connectivity index (χ0v) is 15.6. The number of hydrogen-bond acceptors (Lipinski definition) is 4. The molecule has 0 saturated carbocycles. The summed E-state index contributed by atoms with van der Waals surface area (Å²) < 4.78 is 0. The second kappa shape index (κ2) is 8.82. The molecular weight excluding hydrogens is 354 g/mol. The molecule has 3 rings (SSSR count). The monoisotopic (exact) mass is 375 g/mol. The minimum Gasteiger partial charge on any atom is -0.356 e. The molecule has 7 nitrogen and oxygen atoms in total. The molecule has 3 N–H and O–H groups in total. The highest BCUT2D eigenvalue weighted by molar-refractivity contribution is 6.07. The standard InChI is InChI=1S/C21H21N5O2/c1-2-4-15-8-11-19(23-13-15)24-21(28)25-20(27)17-9-6-16(7-10-17)14-26-12-3-5-18(26)22/h6-11,13,22H,3,5,12,14H2,1H3,(H2,23,24,25,27,28). The van der Waals surface area contributed by atoms with Crippen molar-refractivity contribution in [1.82, 2.24) is 15.2 Å². The molecule has 0 aliphatic carbocycles. The van der Waals surface area contributed by atoms with Gasteiger partial charge < -0.3 is 4.90 Å². The number of benzene rings is 1. The molecule has 0 bridgehead atoms. The predicted octanol–water partition coefficient (Wildman–Crippen LogP) is 2.99. The van der Waals surface area contributed by atoms with Crippen LogP contribution in [0, 0.1) is 17.3 Å². The Balaban J connectivity index is 1.53. The van der Waals surface area contributed by atoms with Crippen molar-refractivity contribution in [3.63, 3.8) is 0 Å². The Morgan fingerprint density at radius 1 is 1.21 bits per heavy atom. The van der Waals surface area contributed by atoms with Crippen LogP contribution in [0.1, 0.15) is 41.3 Å². The molecule has 7 heteroatoms. The fourth-order valence-corrected chi connectivity index (χ4v) is 2.90. The zero-order valence-electron chi connectivity index (χ0n) is 15.6. The van der Waals surface area contributed by atoms with Gasteiger partial charge in [0.2, 0.25) is 0 Å². The smallest absolute Gasteiger partial charge is 0.327 e. The molecule has 0 atom stereocenters. The lowest BCUT2D eigenvalue weighted by Gasteiger charge is -2.17. The number of anilines is 1. The van der Waals surface area contributed by atoms with Crippen LogP contribution in [-0.4, -0.2) is 34.2 Å². The minimum absolute atomic E-state index is 0.329. The van der Waals surface area contributed by atoms with Crippen molar-refractivity contribution in [3.05, 3.63) is 59.3 Å². The molecule has 0 unspecified atom stereocenters. The van der Waals surface area contributed by atoms with E-state index in [0.717, 1.165) is 30.5 Å². The first-order valence-corrected chi connectivity index (χ1v) is 8.97. The number of pyridine rings is 1. The van der Waals surface area contributed by atoms with Crippen molar-refractivity contribution in [3.8, 4) is 11.8 Å². The molecular formula is C21H21N5O2. The average molecular weight is 375 g/mol. The number of amides is 3. The van der Waals surface area contributed by atoms with E-state index in [0.29, 0.717) is 23.8 Å². The Labute approximate surface area is 163 Å². The van der Waals surface area contributed by atoms with Crippen LogP contribution in [0.4, 0.5) is 10.6 Å². The van der Waals surface area contributed by atoms with Gasteiger partial charge >= 0.3 is 6.03 Å². The molecule has 28 heavy (non-hydrogen) atoms. The van der Waals surface area contributed by atoms with Crippen LogP contribution < -0.4 is 10.6 Å². The quantitative estimate of drug-likeness (QED) is 0.716. The first-order chi connectivity index (χ1) is 13.5. The van der Waals surface area contributed by atoms with Gasteiger partial charge in [-0.05, 0) is 43.2 Å². The van der Waals surface area contributed by atoms with Crippen LogP contribution in [0.25, 0.3) is 0 Å². The summed E-state index contributed by atoms with van der Waals surface area (Å²) in [5.74, 6) is 6.12. The fraction of sp³-hybridized carbons (Fsp3) is 0.238. The second-order valence-corrected chi connectivity index (χ2v) is 6.38. The number of carbonyl (C=O) groups excluding carboxylic acids is 2. The summed E-state index contributed by atoms with van der Waals surface area (Å²) in [6.07, 6.45) is 3.38. The third-order valence-electron chi connectivity index (χ3n) is 4.31. The summed E-state index contributed by atoms with van der Waals surface area (Å²) in [5, 5.41) is 12.7. The van der Waals surface area contributed by atoms with Crippen molar-refractivity contribution in [2.75, 3.05) is 11.9 Å². The highest BCUT2D eigenvalue weighted by atomic mass is 16.2. The summed E-state index contributed by atoms with van der Waals surface area (Å²) in [6.45, 7) is 3.28. The predicted molar refractivity (Wildman–Crippen MR) is 107 cm³/mol. The van der Waals surface area contributed by atoms with Crippen LogP contribution in [0.15, 0.2) is 42.6 Å². The van der Waals surface area contributed by atoms with Gasteiger partial charge in [0, 0.05) is 36.8 Å². The van der Waals surface area contributed by atoms with E-state index < -0.39 is 11.9 Å². The third kappa shape index (κ3) is 4.95. The molecule has 142 valence electrons. The Hall–Kier alpha value is -3.66. The lowest BCUT2D eigenvalue weighted by molar-refractivity contribution is 0.0967. The van der Waals surface area contributed by atoms with Crippen molar-refractivity contribution in [2.24, 2.45) is 0 Å². The summed E-state index contributed by atoms with van der Waals surface area (Å²) in [5.41, 5.74) is 2.15. The number of likely N-dealkylation sites (tertiary alicyclic amines) is 1. The molecule has 1 aliphatic heterocycles. The molecule has 2 aromatic rings. The van der Waals surface area contributed by atoms with E-state index in [-0.39, 0.29) is 0 Å². The van der Waals surface area contributed by atoms with Crippen LogP contribution in [-0.2, 0) is 6.54 Å². The normalized spacial score (nSPS) is 12.9. The maximum Gasteiger partial charge on any atom is 0.327 e. The summed E-state index contributed by atoms with van der Waals surface area (Å²) in [4.78, 5) is 30.3. The SMILES string of the molecule is CC#Cc1ccc(NC(=O)NC(=O)c2ccc(CN3CCCC3=N)cc2)nc1. The molecule has 1 aromatic carbocycles. The van der Waals surface area contributed by atoms with E-state index in [1.807, 2.05) is 17.0 Å². The second-order valence-electron chi connectivity index (χ2n) is 6.38. The average Bonchev–Trinajstić information content (AvgIpc) is 3.08. The molecule has 1 aliphatic rings. The fourth-order valence-electron chi connectivity index (χ4n) is 2.90. The molecule has 0 spiro atoms. The number of aromatic nitrogens is 1. The van der Waals surface area contributed by atoms with Gasteiger partial charge in [0.05, 0.1) is 5.84 Å². The maximum absolute atomic E-state index is 12.2. The molecule has 1 fully saturated rings. The van der Waals surface area contributed by atoms with Gasteiger partial charge in [-0.1, -0.05) is 18.1 Å². The number of hydrogen-bond donors (Lipinski definition) is 3. The van der Waals surface area contributed by atoms with Crippen molar-refractivity contribution >= 4 is 23.6 Å². The van der Waals surface area contributed by atoms with Crippen molar-refractivity contribution < 1.29 is 9.59 Å². The minimum atomic E-state index is -0.651.